The van der Waals surface area contributed by atoms with Crippen LogP contribution in [0.15, 0.2) is 96.1 Å². The Labute approximate surface area is 209 Å². The van der Waals surface area contributed by atoms with Crippen LogP contribution in [0.25, 0.3) is 10.4 Å². The summed E-state index contributed by atoms with van der Waals surface area (Å²) in [6.45, 7) is 1.76. The number of carbonyl (C=O) groups excluding carboxylic acids is 2. The molecule has 35 heavy (non-hydrogen) atoms. The Hall–Kier alpha value is -3.61. The second kappa shape index (κ2) is 11.7. The molecule has 0 saturated carbocycles. The van der Waals surface area contributed by atoms with Crippen LogP contribution in [0.1, 0.15) is 27.6 Å². The van der Waals surface area contributed by atoms with Crippen molar-refractivity contribution in [3.05, 3.63) is 113 Å². The van der Waals surface area contributed by atoms with Crippen LogP contribution in [-0.4, -0.2) is 56.3 Å². The van der Waals surface area contributed by atoms with Crippen LogP contribution < -0.4 is 4.46 Å². The van der Waals surface area contributed by atoms with Crippen LogP contribution in [0.2, 0.25) is 0 Å². The molecule has 178 valence electrons. The zero-order chi connectivity index (χ0) is 24.6. The Kier molecular flexibility index (Phi) is 8.19. The standard InChI is InChI=1S/C26H23N3O5Se/c1-17-22(33-24(30)18-11-5-2-6-12-18)23(34-25(31)19-13-7-3-8-14-19)21(28-29-27)26(32-17)35-20-15-9-4-10-16-20/h2-17,21-23,26H,1H3/t17-,21-,22+,23-,26-/m0/s1. The molecule has 1 aliphatic heterocycles. The normalized spacial score (nSPS) is 23.5. The number of rotatable bonds is 7. The van der Waals surface area contributed by atoms with Gasteiger partial charge in [-0.05, 0) is 0 Å². The third kappa shape index (κ3) is 6.10. The van der Waals surface area contributed by atoms with Crippen LogP contribution in [-0.2, 0) is 14.2 Å². The van der Waals surface area contributed by atoms with E-state index in [-0.39, 0.29) is 15.0 Å². The van der Waals surface area contributed by atoms with E-state index in [1.165, 1.54) is 0 Å². The predicted octanol–water partition coefficient (Wildman–Crippen LogP) is 3.89. The van der Waals surface area contributed by atoms with Gasteiger partial charge in [-0.3, -0.25) is 0 Å². The van der Waals surface area contributed by atoms with Crippen molar-refractivity contribution in [2.24, 2.45) is 5.11 Å². The first-order valence-corrected chi connectivity index (χ1v) is 12.8. The summed E-state index contributed by atoms with van der Waals surface area (Å²) in [6.07, 6.45) is -2.63. The van der Waals surface area contributed by atoms with Crippen LogP contribution in [0.3, 0.4) is 0 Å². The van der Waals surface area contributed by atoms with Crippen LogP contribution in [0, 0.1) is 0 Å². The molecule has 0 unspecified atom stereocenters. The van der Waals surface area contributed by atoms with E-state index in [4.69, 9.17) is 14.2 Å². The van der Waals surface area contributed by atoms with Gasteiger partial charge in [0.2, 0.25) is 0 Å². The van der Waals surface area contributed by atoms with Gasteiger partial charge < -0.3 is 0 Å². The summed E-state index contributed by atoms with van der Waals surface area (Å²) in [7, 11) is 0. The number of azide groups is 1. The molecule has 1 fully saturated rings. The molecule has 0 radical (unpaired) electrons. The average molecular weight is 536 g/mol. The van der Waals surface area contributed by atoms with Gasteiger partial charge in [-0.25, -0.2) is 0 Å². The van der Waals surface area contributed by atoms with E-state index < -0.39 is 41.3 Å². The Morgan fingerprint density at radius 2 is 1.31 bits per heavy atom. The third-order valence-electron chi connectivity index (χ3n) is 5.44. The van der Waals surface area contributed by atoms with Crippen molar-refractivity contribution < 1.29 is 23.8 Å². The van der Waals surface area contributed by atoms with E-state index in [9.17, 15) is 15.1 Å². The fourth-order valence-electron chi connectivity index (χ4n) is 3.73. The quantitative estimate of drug-likeness (QED) is 0.150. The third-order valence-corrected chi connectivity index (χ3v) is 7.88. The molecular weight excluding hydrogens is 513 g/mol. The van der Waals surface area contributed by atoms with E-state index in [2.05, 4.69) is 10.0 Å². The van der Waals surface area contributed by atoms with Crippen LogP contribution >= 0.6 is 0 Å². The van der Waals surface area contributed by atoms with E-state index in [0.29, 0.717) is 11.1 Å². The first-order valence-electron chi connectivity index (χ1n) is 11.0. The Balaban J connectivity index is 1.66. The van der Waals surface area contributed by atoms with Gasteiger partial charge in [0.15, 0.2) is 0 Å². The number of esters is 2. The molecule has 0 aliphatic carbocycles. The molecule has 9 heteroatoms. The molecule has 1 heterocycles. The topological polar surface area (TPSA) is 111 Å². The second-order valence-corrected chi connectivity index (χ2v) is 10.3. The van der Waals surface area contributed by atoms with Gasteiger partial charge in [0, 0.05) is 0 Å². The average Bonchev–Trinajstić information content (AvgIpc) is 2.89. The van der Waals surface area contributed by atoms with E-state index in [1.807, 2.05) is 30.3 Å². The molecule has 0 bridgehead atoms. The fraction of sp³-hybridized carbons (Fsp3) is 0.231. The first kappa shape index (κ1) is 24.5. The van der Waals surface area contributed by atoms with Gasteiger partial charge in [-0.2, -0.15) is 0 Å². The number of ether oxygens (including phenoxy) is 3. The summed E-state index contributed by atoms with van der Waals surface area (Å²) < 4.78 is 18.9. The maximum absolute atomic E-state index is 13.0. The number of nitrogens with zero attached hydrogens (tertiary/aromatic N) is 3. The molecule has 0 spiro atoms. The summed E-state index contributed by atoms with van der Waals surface area (Å²) >= 11 is -0.264. The summed E-state index contributed by atoms with van der Waals surface area (Å²) in [5.74, 6) is -1.19. The minimum atomic E-state index is -1.04. The Morgan fingerprint density at radius 3 is 1.83 bits per heavy atom. The molecule has 8 nitrogen and oxygen atoms in total. The van der Waals surface area contributed by atoms with Crippen molar-refractivity contribution in [3.63, 3.8) is 0 Å². The second-order valence-electron chi connectivity index (χ2n) is 7.81. The molecule has 4 rings (SSSR count). The van der Waals surface area contributed by atoms with Crippen LogP contribution in [0.4, 0.5) is 0 Å². The number of hydrogen-bond donors (Lipinski definition) is 0. The molecule has 0 aromatic heterocycles. The van der Waals surface area contributed by atoms with Gasteiger partial charge in [0.1, 0.15) is 0 Å². The van der Waals surface area contributed by atoms with Gasteiger partial charge >= 0.3 is 209 Å². The Bertz CT molecular complexity index is 1190. The molecule has 0 N–H and O–H groups in total. The van der Waals surface area contributed by atoms with Crippen LogP contribution in [0.5, 0.6) is 0 Å². The zero-order valence-electron chi connectivity index (χ0n) is 18.8. The van der Waals surface area contributed by atoms with Crippen molar-refractivity contribution in [1.29, 1.82) is 0 Å². The molecule has 3 aromatic carbocycles. The minimum absolute atomic E-state index is 0.264. The van der Waals surface area contributed by atoms with E-state index >= 15 is 0 Å². The number of hydrogen-bond acceptors (Lipinski definition) is 6. The monoisotopic (exact) mass is 537 g/mol. The van der Waals surface area contributed by atoms with Crippen molar-refractivity contribution in [2.45, 2.75) is 36.3 Å². The fourth-order valence-corrected chi connectivity index (χ4v) is 6.17. The summed E-state index contributed by atoms with van der Waals surface area (Å²) in [6, 6.07) is 25.8. The van der Waals surface area contributed by atoms with Gasteiger partial charge in [0.25, 0.3) is 0 Å². The van der Waals surface area contributed by atoms with Crippen molar-refractivity contribution in [3.8, 4) is 0 Å². The maximum atomic E-state index is 13.0. The van der Waals surface area contributed by atoms with E-state index in [1.54, 1.807) is 67.6 Å². The summed E-state index contributed by atoms with van der Waals surface area (Å²) in [4.78, 5) is 28.9. The zero-order valence-corrected chi connectivity index (χ0v) is 20.6. The SMILES string of the molecule is C[C@@H]1O[C@@H]([Se]c2ccccc2)[C@@H](N=[N+]=[N-])[C@H](OC(=O)c2ccccc2)[C@@H]1OC(=O)c1ccccc1. The van der Waals surface area contributed by atoms with Gasteiger partial charge in [-0.1, -0.05) is 0 Å². The molecule has 5 atom stereocenters. The van der Waals surface area contributed by atoms with Gasteiger partial charge in [-0.15, -0.1) is 0 Å². The van der Waals surface area contributed by atoms with Gasteiger partial charge in [0.05, 0.1) is 0 Å². The number of benzene rings is 3. The molecule has 1 aliphatic rings. The first-order chi connectivity index (χ1) is 17.1. The Morgan fingerprint density at radius 1 is 0.829 bits per heavy atom. The predicted molar refractivity (Wildman–Crippen MR) is 130 cm³/mol. The van der Waals surface area contributed by atoms with E-state index in [0.717, 1.165) is 4.46 Å². The molecule has 0 amide bonds. The summed E-state index contributed by atoms with van der Waals surface area (Å²) in [5.41, 5.74) is 10.0. The molecule has 1 saturated heterocycles. The van der Waals surface area contributed by atoms with Crippen molar-refractivity contribution in [2.75, 3.05) is 0 Å². The molecular formula is C26H23N3O5Se. The number of carbonyl (C=O) groups is 2. The molecule has 3 aromatic rings. The van der Waals surface area contributed by atoms with Crippen molar-refractivity contribution >= 4 is 31.4 Å². The van der Waals surface area contributed by atoms with Crippen molar-refractivity contribution in [1.82, 2.24) is 0 Å². The summed E-state index contributed by atoms with van der Waals surface area (Å²) in [5, 5.41) is 3.43.